The van der Waals surface area contributed by atoms with Gasteiger partial charge in [-0.25, -0.2) is 4.79 Å². The number of aryl methyl sites for hydroxylation is 1. The molecule has 9 nitrogen and oxygen atoms in total. The van der Waals surface area contributed by atoms with Gasteiger partial charge in [-0.05, 0) is 57.6 Å². The van der Waals surface area contributed by atoms with Crippen LogP contribution < -0.4 is 10.6 Å². The Hall–Kier alpha value is -3.10. The molecule has 214 valence electrons. The average molecular weight is 534 g/mol. The zero-order chi connectivity index (χ0) is 28.9. The molecular weight excluding hydrogens is 486 g/mol. The normalized spacial score (nSPS) is 12.9. The lowest BCUT2D eigenvalue weighted by Crippen LogP contribution is -2.55. The van der Waals surface area contributed by atoms with Crippen LogP contribution in [0.4, 0.5) is 4.79 Å². The van der Waals surface area contributed by atoms with E-state index in [4.69, 9.17) is 9.47 Å². The van der Waals surface area contributed by atoms with Crippen molar-refractivity contribution in [3.05, 3.63) is 35.4 Å². The van der Waals surface area contributed by atoms with Gasteiger partial charge in [-0.1, -0.05) is 58.4 Å². The van der Waals surface area contributed by atoms with E-state index in [0.717, 1.165) is 18.4 Å². The highest BCUT2D eigenvalue weighted by Crippen LogP contribution is 2.25. The number of ether oxygens (including phenoxy) is 2. The number of nitrogens with one attached hydrogen (secondary N) is 2. The molecule has 3 amide bonds. The summed E-state index contributed by atoms with van der Waals surface area (Å²) in [6.07, 6.45) is 1.65. The van der Waals surface area contributed by atoms with Crippen LogP contribution in [-0.4, -0.2) is 60.1 Å². The lowest BCUT2D eigenvalue weighted by Gasteiger charge is -2.35. The molecule has 38 heavy (non-hydrogen) atoms. The Labute approximate surface area is 228 Å². The lowest BCUT2D eigenvalue weighted by molar-refractivity contribution is -0.144. The summed E-state index contributed by atoms with van der Waals surface area (Å²) < 4.78 is 10.4. The van der Waals surface area contributed by atoms with Crippen molar-refractivity contribution in [3.63, 3.8) is 0 Å². The maximum Gasteiger partial charge on any atom is 0.408 e. The molecule has 2 atom stereocenters. The Morgan fingerprint density at radius 1 is 1.00 bits per heavy atom. The quantitative estimate of drug-likeness (QED) is 0.340. The highest BCUT2D eigenvalue weighted by Gasteiger charge is 2.37. The predicted molar refractivity (Wildman–Crippen MR) is 147 cm³/mol. The van der Waals surface area contributed by atoms with Gasteiger partial charge in [-0.15, -0.1) is 0 Å². The van der Waals surface area contributed by atoms with Crippen LogP contribution in [0.2, 0.25) is 0 Å². The van der Waals surface area contributed by atoms with Crippen LogP contribution in [0.15, 0.2) is 24.3 Å². The molecule has 0 saturated heterocycles. The number of carbonyl (C=O) groups is 4. The molecule has 0 aromatic heterocycles. The molecule has 0 aliphatic heterocycles. The Morgan fingerprint density at radius 3 is 2.13 bits per heavy atom. The van der Waals surface area contributed by atoms with E-state index in [1.165, 1.54) is 4.90 Å². The van der Waals surface area contributed by atoms with E-state index in [0.29, 0.717) is 18.5 Å². The predicted octanol–water partition coefficient (Wildman–Crippen LogP) is 4.54. The molecule has 0 aliphatic rings. The number of hydrogen-bond donors (Lipinski definition) is 2. The third-order valence-corrected chi connectivity index (χ3v) is 5.84. The topological polar surface area (TPSA) is 114 Å². The number of hydrogen-bond acceptors (Lipinski definition) is 6. The van der Waals surface area contributed by atoms with Gasteiger partial charge >= 0.3 is 12.1 Å². The third kappa shape index (κ3) is 11.1. The number of benzene rings is 1. The van der Waals surface area contributed by atoms with Gasteiger partial charge in [-0.2, -0.15) is 0 Å². The Bertz CT molecular complexity index is 908. The van der Waals surface area contributed by atoms with Crippen LogP contribution in [-0.2, 0) is 30.3 Å². The van der Waals surface area contributed by atoms with E-state index < -0.39 is 35.7 Å². The molecule has 0 radical (unpaired) electrons. The fourth-order valence-corrected chi connectivity index (χ4v) is 3.85. The van der Waals surface area contributed by atoms with Crippen molar-refractivity contribution in [3.8, 4) is 0 Å². The van der Waals surface area contributed by atoms with E-state index in [1.807, 2.05) is 52.0 Å². The molecular formula is C29H47N3O6. The highest BCUT2D eigenvalue weighted by atomic mass is 16.6. The molecule has 2 N–H and O–H groups in total. The first-order valence-electron chi connectivity index (χ1n) is 13.7. The van der Waals surface area contributed by atoms with Crippen LogP contribution >= 0.6 is 0 Å². The second-order valence-electron chi connectivity index (χ2n) is 10.6. The fraction of sp³-hybridized carbons (Fsp3) is 0.655. The van der Waals surface area contributed by atoms with Crippen LogP contribution in [0.1, 0.15) is 91.8 Å². The fourth-order valence-electron chi connectivity index (χ4n) is 3.85. The monoisotopic (exact) mass is 533 g/mol. The van der Waals surface area contributed by atoms with Crippen LogP contribution in [0.25, 0.3) is 0 Å². The minimum Gasteiger partial charge on any atom is -0.466 e. The average Bonchev–Trinajstić information content (AvgIpc) is 2.83. The number of nitrogens with zero attached hydrogens (tertiary/aromatic N) is 1. The van der Waals surface area contributed by atoms with E-state index in [-0.39, 0.29) is 31.4 Å². The van der Waals surface area contributed by atoms with Gasteiger partial charge in [0.05, 0.1) is 13.0 Å². The Morgan fingerprint density at radius 2 is 1.63 bits per heavy atom. The van der Waals surface area contributed by atoms with Crippen molar-refractivity contribution >= 4 is 23.9 Å². The molecule has 0 saturated carbocycles. The van der Waals surface area contributed by atoms with Gasteiger partial charge in [0.15, 0.2) is 0 Å². The van der Waals surface area contributed by atoms with Crippen LogP contribution in [0.5, 0.6) is 0 Å². The molecule has 2 unspecified atom stereocenters. The number of amides is 3. The first-order valence-corrected chi connectivity index (χ1v) is 13.7. The zero-order valence-electron chi connectivity index (χ0n) is 24.4. The van der Waals surface area contributed by atoms with Gasteiger partial charge in [0.2, 0.25) is 11.8 Å². The summed E-state index contributed by atoms with van der Waals surface area (Å²) in [4.78, 5) is 53.5. The minimum atomic E-state index is -0.941. The standard InChI is InChI=1S/C29H47N3O6/c1-9-12-19-32(27(35)24(20(4)5)31-28(36)38-29(6,7)8)25(22-15-13-21(10-2)14-16-22)26(34)30-18-17-23(33)37-11-3/h13-16,20,24-25H,9-12,17-19H2,1-8H3,(H,30,34)(H,31,36). The van der Waals surface area contributed by atoms with Crippen LogP contribution in [0.3, 0.4) is 0 Å². The molecule has 0 heterocycles. The number of rotatable bonds is 14. The Balaban J connectivity index is 3.38. The highest BCUT2D eigenvalue weighted by molar-refractivity contribution is 5.92. The number of esters is 1. The molecule has 0 bridgehead atoms. The molecule has 9 heteroatoms. The Kier molecular flexibility index (Phi) is 13.9. The molecule has 0 aliphatic carbocycles. The van der Waals surface area contributed by atoms with E-state index >= 15 is 0 Å². The largest absolute Gasteiger partial charge is 0.466 e. The molecule has 1 aromatic carbocycles. The SMILES string of the molecule is CCCCN(C(=O)C(NC(=O)OC(C)(C)C)C(C)C)C(C(=O)NCCC(=O)OCC)c1ccc(CC)cc1. The summed E-state index contributed by atoms with van der Waals surface area (Å²) in [5.74, 6) is -1.43. The summed E-state index contributed by atoms with van der Waals surface area (Å²) in [6.45, 7) is 15.4. The number of unbranched alkanes of at least 4 members (excludes halogenated alkanes) is 1. The molecule has 1 rings (SSSR count). The van der Waals surface area contributed by atoms with Crippen molar-refractivity contribution in [1.29, 1.82) is 0 Å². The van der Waals surface area contributed by atoms with Crippen molar-refractivity contribution in [2.45, 2.75) is 98.8 Å². The van der Waals surface area contributed by atoms with E-state index in [1.54, 1.807) is 27.7 Å². The van der Waals surface area contributed by atoms with E-state index in [9.17, 15) is 19.2 Å². The van der Waals surface area contributed by atoms with Gasteiger partial charge < -0.3 is 25.0 Å². The molecule has 1 aromatic rings. The van der Waals surface area contributed by atoms with Gasteiger partial charge in [-0.3, -0.25) is 14.4 Å². The smallest absolute Gasteiger partial charge is 0.408 e. The summed E-state index contributed by atoms with van der Waals surface area (Å²) in [7, 11) is 0. The van der Waals surface area contributed by atoms with Crippen LogP contribution in [0, 0.1) is 5.92 Å². The second-order valence-corrected chi connectivity index (χ2v) is 10.6. The first kappa shape index (κ1) is 32.9. The lowest BCUT2D eigenvalue weighted by atomic mass is 9.97. The maximum atomic E-state index is 14.0. The van der Waals surface area contributed by atoms with Gasteiger partial charge in [0.1, 0.15) is 17.7 Å². The summed E-state index contributed by atoms with van der Waals surface area (Å²) in [5.41, 5.74) is 1.03. The minimum absolute atomic E-state index is 0.0266. The maximum absolute atomic E-state index is 14.0. The van der Waals surface area contributed by atoms with Crippen molar-refractivity contribution in [2.24, 2.45) is 5.92 Å². The van der Waals surface area contributed by atoms with E-state index in [2.05, 4.69) is 10.6 Å². The third-order valence-electron chi connectivity index (χ3n) is 5.84. The first-order chi connectivity index (χ1) is 17.8. The van der Waals surface area contributed by atoms with Gasteiger partial charge in [0, 0.05) is 13.1 Å². The summed E-state index contributed by atoms with van der Waals surface area (Å²) >= 11 is 0. The van der Waals surface area contributed by atoms with Crippen molar-refractivity contribution < 1.29 is 28.7 Å². The molecule has 0 fully saturated rings. The number of alkyl carbamates (subject to hydrolysis) is 1. The summed E-state index contributed by atoms with van der Waals surface area (Å²) in [6, 6.07) is 5.75. The van der Waals surface area contributed by atoms with Crippen molar-refractivity contribution in [2.75, 3.05) is 19.7 Å². The summed E-state index contributed by atoms with van der Waals surface area (Å²) in [5, 5.41) is 5.53. The van der Waals surface area contributed by atoms with Crippen molar-refractivity contribution in [1.82, 2.24) is 15.5 Å². The zero-order valence-corrected chi connectivity index (χ0v) is 24.4. The second kappa shape index (κ2) is 16.0. The number of carbonyl (C=O) groups excluding carboxylic acids is 4. The molecule has 0 spiro atoms. The van der Waals surface area contributed by atoms with Gasteiger partial charge in [0.25, 0.3) is 0 Å².